The topological polar surface area (TPSA) is 20.2 Å². The van der Waals surface area contributed by atoms with Gasteiger partial charge in [-0.1, -0.05) is 36.4 Å². The lowest BCUT2D eigenvalue weighted by Gasteiger charge is -2.19. The van der Waals surface area contributed by atoms with Crippen LogP contribution < -0.4 is 0 Å². The van der Waals surface area contributed by atoms with E-state index in [9.17, 15) is 5.11 Å². The van der Waals surface area contributed by atoms with Crippen LogP contribution in [0.15, 0.2) is 43.0 Å². The van der Waals surface area contributed by atoms with Gasteiger partial charge in [0, 0.05) is 5.92 Å². The summed E-state index contributed by atoms with van der Waals surface area (Å²) in [4.78, 5) is 0. The van der Waals surface area contributed by atoms with Crippen molar-refractivity contribution >= 4 is 0 Å². The predicted molar refractivity (Wildman–Crippen MR) is 57.8 cm³/mol. The third kappa shape index (κ3) is 1.88. The zero-order chi connectivity index (χ0) is 9.97. The monoisotopic (exact) mass is 188 g/mol. The van der Waals surface area contributed by atoms with Crippen LogP contribution in [0.2, 0.25) is 0 Å². The van der Waals surface area contributed by atoms with Crippen molar-refractivity contribution < 1.29 is 5.11 Å². The van der Waals surface area contributed by atoms with E-state index < -0.39 is 0 Å². The van der Waals surface area contributed by atoms with Gasteiger partial charge in [-0.25, -0.2) is 0 Å². The van der Waals surface area contributed by atoms with Gasteiger partial charge in [0.1, 0.15) is 0 Å². The van der Waals surface area contributed by atoms with Gasteiger partial charge in [0.15, 0.2) is 0 Å². The minimum Gasteiger partial charge on any atom is -0.388 e. The van der Waals surface area contributed by atoms with Gasteiger partial charge in [-0.05, 0) is 24.3 Å². The van der Waals surface area contributed by atoms with E-state index in [-0.39, 0.29) is 12.0 Å². The number of benzene rings is 1. The molecule has 74 valence electrons. The summed E-state index contributed by atoms with van der Waals surface area (Å²) in [6, 6.07) is 9.85. The van der Waals surface area contributed by atoms with Gasteiger partial charge < -0.3 is 5.11 Å². The Hall–Kier alpha value is -1.08. The Morgan fingerprint density at radius 2 is 1.93 bits per heavy atom. The van der Waals surface area contributed by atoms with Gasteiger partial charge >= 0.3 is 0 Å². The fourth-order valence-corrected chi connectivity index (χ4v) is 1.93. The summed E-state index contributed by atoms with van der Waals surface area (Å²) in [5, 5.41) is 10.1. The number of aliphatic hydroxyl groups is 1. The molecule has 0 heterocycles. The summed E-state index contributed by atoms with van der Waals surface area (Å²) < 4.78 is 0. The first-order valence-electron chi connectivity index (χ1n) is 5.18. The number of rotatable bonds is 4. The van der Waals surface area contributed by atoms with E-state index in [1.54, 1.807) is 0 Å². The van der Waals surface area contributed by atoms with Gasteiger partial charge in [0.25, 0.3) is 0 Å². The third-order valence-corrected chi connectivity index (χ3v) is 2.94. The Labute approximate surface area is 85.1 Å². The van der Waals surface area contributed by atoms with Crippen molar-refractivity contribution in [3.8, 4) is 0 Å². The molecule has 1 aliphatic carbocycles. The van der Waals surface area contributed by atoms with Gasteiger partial charge in [0.2, 0.25) is 0 Å². The molecule has 1 N–H and O–H groups in total. The Morgan fingerprint density at radius 1 is 1.29 bits per heavy atom. The standard InChI is InChI=1S/C13H16O/c1-2-12(10-8-9-10)13(14)11-6-4-3-5-7-11/h2-7,10,12-14H,1,8-9H2. The number of aliphatic hydroxyl groups excluding tert-OH is 1. The SMILES string of the molecule is C=CC(C1CC1)C(O)c1ccccc1. The highest BCUT2D eigenvalue weighted by Gasteiger charge is 2.34. The second-order valence-electron chi connectivity index (χ2n) is 4.01. The van der Waals surface area contributed by atoms with E-state index >= 15 is 0 Å². The van der Waals surface area contributed by atoms with Crippen molar-refractivity contribution in [2.24, 2.45) is 11.8 Å². The van der Waals surface area contributed by atoms with Crippen molar-refractivity contribution in [3.63, 3.8) is 0 Å². The molecule has 1 aliphatic rings. The first-order chi connectivity index (χ1) is 6.83. The average molecular weight is 188 g/mol. The van der Waals surface area contributed by atoms with Crippen LogP contribution >= 0.6 is 0 Å². The van der Waals surface area contributed by atoms with E-state index in [0.29, 0.717) is 5.92 Å². The predicted octanol–water partition coefficient (Wildman–Crippen LogP) is 2.93. The van der Waals surface area contributed by atoms with Gasteiger partial charge in [-0.15, -0.1) is 6.58 Å². The maximum Gasteiger partial charge on any atom is 0.0855 e. The fourth-order valence-electron chi connectivity index (χ4n) is 1.93. The lowest BCUT2D eigenvalue weighted by atomic mass is 9.92. The normalized spacial score (nSPS) is 20.1. The highest BCUT2D eigenvalue weighted by atomic mass is 16.3. The van der Waals surface area contributed by atoms with Gasteiger partial charge in [-0.3, -0.25) is 0 Å². The summed E-state index contributed by atoms with van der Waals surface area (Å²) in [6.45, 7) is 3.81. The van der Waals surface area contributed by atoms with Crippen LogP contribution in [0, 0.1) is 11.8 Å². The third-order valence-electron chi connectivity index (χ3n) is 2.94. The van der Waals surface area contributed by atoms with Crippen LogP contribution in [0.25, 0.3) is 0 Å². The first kappa shape index (κ1) is 9.47. The number of hydrogen-bond donors (Lipinski definition) is 1. The molecule has 0 spiro atoms. The summed E-state index contributed by atoms with van der Waals surface area (Å²) in [5.74, 6) is 0.889. The van der Waals surface area contributed by atoms with Crippen LogP contribution in [-0.4, -0.2) is 5.11 Å². The molecule has 0 bridgehead atoms. The summed E-state index contributed by atoms with van der Waals surface area (Å²) in [5.41, 5.74) is 1.00. The molecule has 2 atom stereocenters. The minimum atomic E-state index is -0.374. The molecule has 1 aromatic carbocycles. The van der Waals surface area contributed by atoms with Crippen LogP contribution in [0.5, 0.6) is 0 Å². The van der Waals surface area contributed by atoms with Crippen molar-refractivity contribution in [2.45, 2.75) is 18.9 Å². The molecule has 14 heavy (non-hydrogen) atoms. The van der Waals surface area contributed by atoms with Crippen LogP contribution in [-0.2, 0) is 0 Å². The molecule has 1 saturated carbocycles. The fraction of sp³-hybridized carbons (Fsp3) is 0.385. The molecule has 0 aromatic heterocycles. The smallest absolute Gasteiger partial charge is 0.0855 e. The van der Waals surface area contributed by atoms with E-state index in [4.69, 9.17) is 0 Å². The van der Waals surface area contributed by atoms with Crippen LogP contribution in [0.1, 0.15) is 24.5 Å². The van der Waals surface area contributed by atoms with E-state index in [2.05, 4.69) is 6.58 Å². The molecule has 1 nitrogen and oxygen atoms in total. The molecule has 0 aliphatic heterocycles. The average Bonchev–Trinajstić information content (AvgIpc) is 3.04. The highest BCUT2D eigenvalue weighted by molar-refractivity contribution is 5.20. The number of hydrogen-bond acceptors (Lipinski definition) is 1. The second kappa shape index (κ2) is 3.97. The van der Waals surface area contributed by atoms with Crippen molar-refractivity contribution in [2.75, 3.05) is 0 Å². The highest BCUT2D eigenvalue weighted by Crippen LogP contribution is 2.43. The van der Waals surface area contributed by atoms with Crippen molar-refractivity contribution in [1.82, 2.24) is 0 Å². The van der Waals surface area contributed by atoms with Crippen molar-refractivity contribution in [1.29, 1.82) is 0 Å². The molecule has 1 heteroatoms. The van der Waals surface area contributed by atoms with Crippen LogP contribution in [0.3, 0.4) is 0 Å². The zero-order valence-electron chi connectivity index (χ0n) is 8.26. The Morgan fingerprint density at radius 3 is 2.43 bits per heavy atom. The maximum absolute atomic E-state index is 10.1. The molecule has 0 amide bonds. The molecule has 0 saturated heterocycles. The summed E-state index contributed by atoms with van der Waals surface area (Å²) in [7, 11) is 0. The molecular weight excluding hydrogens is 172 g/mol. The van der Waals surface area contributed by atoms with E-state index in [0.717, 1.165) is 5.56 Å². The lowest BCUT2D eigenvalue weighted by Crippen LogP contribution is -2.11. The molecule has 0 radical (unpaired) electrons. The molecule has 2 unspecified atom stereocenters. The summed E-state index contributed by atoms with van der Waals surface area (Å²) >= 11 is 0. The Balaban J connectivity index is 2.13. The van der Waals surface area contributed by atoms with Crippen molar-refractivity contribution in [3.05, 3.63) is 48.6 Å². The molecular formula is C13H16O. The largest absolute Gasteiger partial charge is 0.388 e. The van der Waals surface area contributed by atoms with E-state index in [1.807, 2.05) is 36.4 Å². The second-order valence-corrected chi connectivity index (χ2v) is 4.01. The van der Waals surface area contributed by atoms with Gasteiger partial charge in [-0.2, -0.15) is 0 Å². The van der Waals surface area contributed by atoms with Gasteiger partial charge in [0.05, 0.1) is 6.10 Å². The minimum absolute atomic E-state index is 0.234. The van der Waals surface area contributed by atoms with E-state index in [1.165, 1.54) is 12.8 Å². The Kier molecular flexibility index (Phi) is 2.69. The lowest BCUT2D eigenvalue weighted by molar-refractivity contribution is 0.121. The molecule has 1 fully saturated rings. The zero-order valence-corrected chi connectivity index (χ0v) is 8.26. The molecule has 1 aromatic rings. The molecule has 2 rings (SSSR count). The van der Waals surface area contributed by atoms with Crippen LogP contribution in [0.4, 0.5) is 0 Å². The maximum atomic E-state index is 10.1. The Bertz CT molecular complexity index is 300. The summed E-state index contributed by atoms with van der Waals surface area (Å²) in [6.07, 6.45) is 4.00. The first-order valence-corrected chi connectivity index (χ1v) is 5.18. The quantitative estimate of drug-likeness (QED) is 0.720.